The Morgan fingerprint density at radius 2 is 2.05 bits per heavy atom. The lowest BCUT2D eigenvalue weighted by atomic mass is 10.1. The van der Waals surface area contributed by atoms with Crippen LogP contribution in [0.3, 0.4) is 0 Å². The zero-order chi connectivity index (χ0) is 15.1. The number of aromatic nitrogens is 1. The number of nitrogens with zero attached hydrogens (tertiary/aromatic N) is 2. The van der Waals surface area contributed by atoms with Crippen LogP contribution in [-0.4, -0.2) is 43.2 Å². The van der Waals surface area contributed by atoms with E-state index in [9.17, 15) is 4.79 Å². The van der Waals surface area contributed by atoms with Crippen LogP contribution in [0.2, 0.25) is 0 Å². The summed E-state index contributed by atoms with van der Waals surface area (Å²) in [5.74, 6) is 0.616. The topological polar surface area (TPSA) is 54.5 Å². The molecule has 0 unspecified atom stereocenters. The summed E-state index contributed by atoms with van der Waals surface area (Å²) in [7, 11) is 4.05. The minimum Gasteiger partial charge on any atom is -0.449 e. The van der Waals surface area contributed by atoms with Crippen molar-refractivity contribution < 1.29 is 9.53 Å². The zero-order valence-corrected chi connectivity index (χ0v) is 14.3. The van der Waals surface area contributed by atoms with Gasteiger partial charge in [-0.25, -0.2) is 9.78 Å². The molecule has 0 aliphatic rings. The molecular formula is C15H26ClN3O2. The van der Waals surface area contributed by atoms with Gasteiger partial charge in [0.25, 0.3) is 0 Å². The third kappa shape index (κ3) is 6.78. The van der Waals surface area contributed by atoms with E-state index in [1.54, 1.807) is 0 Å². The zero-order valence-electron chi connectivity index (χ0n) is 13.5. The smallest absolute Gasteiger partial charge is 0.412 e. The Morgan fingerprint density at radius 3 is 2.62 bits per heavy atom. The van der Waals surface area contributed by atoms with Crippen LogP contribution >= 0.6 is 12.4 Å². The van der Waals surface area contributed by atoms with Crippen molar-refractivity contribution in [3.05, 3.63) is 22.9 Å². The second-order valence-corrected chi connectivity index (χ2v) is 5.22. The van der Waals surface area contributed by atoms with Gasteiger partial charge in [-0.05, 0) is 58.0 Å². The summed E-state index contributed by atoms with van der Waals surface area (Å²) < 4.78 is 5.05. The number of likely N-dealkylation sites (N-methyl/N-ethyl adjacent to an activating group) is 1. The van der Waals surface area contributed by atoms with E-state index in [-0.39, 0.29) is 12.4 Å². The SMILES string of the molecule is CCCOC(=O)Nc1nc(C)cc(C)c1CCN(C)C.Cl. The van der Waals surface area contributed by atoms with Crippen LogP contribution < -0.4 is 5.32 Å². The summed E-state index contributed by atoms with van der Waals surface area (Å²) >= 11 is 0. The molecule has 6 heteroatoms. The Labute approximate surface area is 133 Å². The summed E-state index contributed by atoms with van der Waals surface area (Å²) in [4.78, 5) is 18.2. The van der Waals surface area contributed by atoms with E-state index in [4.69, 9.17) is 4.74 Å². The predicted octanol–water partition coefficient (Wildman–Crippen LogP) is 3.18. The van der Waals surface area contributed by atoms with Gasteiger partial charge in [-0.1, -0.05) is 6.92 Å². The molecule has 21 heavy (non-hydrogen) atoms. The molecule has 0 fully saturated rings. The molecule has 0 atom stereocenters. The van der Waals surface area contributed by atoms with Crippen LogP contribution in [0, 0.1) is 13.8 Å². The number of hydrogen-bond donors (Lipinski definition) is 1. The van der Waals surface area contributed by atoms with Crippen LogP contribution in [-0.2, 0) is 11.2 Å². The first-order valence-corrected chi connectivity index (χ1v) is 6.99. The predicted molar refractivity (Wildman–Crippen MR) is 88.5 cm³/mol. The summed E-state index contributed by atoms with van der Waals surface area (Å²) in [5, 5.41) is 2.76. The van der Waals surface area contributed by atoms with Gasteiger partial charge in [-0.15, -0.1) is 12.4 Å². The Hall–Kier alpha value is -1.33. The van der Waals surface area contributed by atoms with Crippen LogP contribution in [0.4, 0.5) is 10.6 Å². The average Bonchev–Trinajstić information content (AvgIpc) is 2.34. The highest BCUT2D eigenvalue weighted by Crippen LogP contribution is 2.19. The highest BCUT2D eigenvalue weighted by Gasteiger charge is 2.12. The molecule has 1 amide bonds. The van der Waals surface area contributed by atoms with E-state index in [2.05, 4.69) is 15.2 Å². The van der Waals surface area contributed by atoms with E-state index in [1.165, 1.54) is 0 Å². The number of hydrogen-bond acceptors (Lipinski definition) is 4. The number of nitrogens with one attached hydrogen (secondary N) is 1. The summed E-state index contributed by atoms with van der Waals surface area (Å²) in [6.07, 6.45) is 1.21. The molecule has 1 aromatic heterocycles. The van der Waals surface area contributed by atoms with Crippen LogP contribution in [0.25, 0.3) is 0 Å². The highest BCUT2D eigenvalue weighted by molar-refractivity contribution is 5.85. The van der Waals surface area contributed by atoms with Crippen LogP contribution in [0.5, 0.6) is 0 Å². The van der Waals surface area contributed by atoms with Gasteiger partial charge in [-0.3, -0.25) is 5.32 Å². The van der Waals surface area contributed by atoms with Gasteiger partial charge in [0.1, 0.15) is 5.82 Å². The molecule has 0 saturated heterocycles. The lowest BCUT2D eigenvalue weighted by Gasteiger charge is -2.16. The number of carbonyl (C=O) groups excluding carboxylic acids is 1. The minimum absolute atomic E-state index is 0. The molecule has 1 heterocycles. The van der Waals surface area contributed by atoms with Crippen molar-refractivity contribution in [2.45, 2.75) is 33.6 Å². The summed E-state index contributed by atoms with van der Waals surface area (Å²) in [6, 6.07) is 2.04. The molecule has 1 aromatic rings. The first kappa shape index (κ1) is 19.7. The highest BCUT2D eigenvalue weighted by atomic mass is 35.5. The number of anilines is 1. The lowest BCUT2D eigenvalue weighted by molar-refractivity contribution is 0.161. The van der Waals surface area contributed by atoms with E-state index < -0.39 is 6.09 Å². The first-order valence-electron chi connectivity index (χ1n) is 6.99. The van der Waals surface area contributed by atoms with E-state index >= 15 is 0 Å². The Balaban J connectivity index is 0.00000400. The largest absolute Gasteiger partial charge is 0.449 e. The fraction of sp³-hybridized carbons (Fsp3) is 0.600. The van der Waals surface area contributed by atoms with Crippen molar-refractivity contribution in [3.63, 3.8) is 0 Å². The maximum atomic E-state index is 11.7. The summed E-state index contributed by atoms with van der Waals surface area (Å²) in [5.41, 5.74) is 3.10. The summed E-state index contributed by atoms with van der Waals surface area (Å²) in [6.45, 7) is 7.26. The Bertz CT molecular complexity index is 464. The van der Waals surface area contributed by atoms with Gasteiger partial charge < -0.3 is 9.64 Å². The number of pyridine rings is 1. The molecule has 1 rings (SSSR count). The van der Waals surface area contributed by atoms with E-state index in [0.29, 0.717) is 12.4 Å². The van der Waals surface area contributed by atoms with Gasteiger partial charge in [0.05, 0.1) is 6.61 Å². The first-order chi connectivity index (χ1) is 9.43. The van der Waals surface area contributed by atoms with Gasteiger partial charge in [0, 0.05) is 12.2 Å². The molecule has 0 aliphatic carbocycles. The monoisotopic (exact) mass is 315 g/mol. The molecular weight excluding hydrogens is 290 g/mol. The van der Waals surface area contributed by atoms with Gasteiger partial charge in [-0.2, -0.15) is 0 Å². The number of ether oxygens (including phenoxy) is 1. The minimum atomic E-state index is -0.435. The fourth-order valence-electron chi connectivity index (χ4n) is 1.95. The second-order valence-electron chi connectivity index (χ2n) is 5.22. The van der Waals surface area contributed by atoms with Crippen molar-refractivity contribution in [2.24, 2.45) is 0 Å². The molecule has 120 valence electrons. The number of rotatable bonds is 6. The maximum absolute atomic E-state index is 11.7. The van der Waals surface area contributed by atoms with Crippen molar-refractivity contribution in [1.29, 1.82) is 0 Å². The molecule has 0 saturated carbocycles. The van der Waals surface area contributed by atoms with E-state index in [0.717, 1.165) is 36.2 Å². The van der Waals surface area contributed by atoms with Crippen molar-refractivity contribution >= 4 is 24.3 Å². The molecule has 1 N–H and O–H groups in total. The number of amides is 1. The van der Waals surface area contributed by atoms with Gasteiger partial charge in [0.15, 0.2) is 0 Å². The molecule has 0 spiro atoms. The van der Waals surface area contributed by atoms with Crippen LogP contribution in [0.1, 0.15) is 30.2 Å². The number of halogens is 1. The third-order valence-corrected chi connectivity index (χ3v) is 2.94. The fourth-order valence-corrected chi connectivity index (χ4v) is 1.95. The van der Waals surface area contributed by atoms with Crippen LogP contribution in [0.15, 0.2) is 6.07 Å². The Morgan fingerprint density at radius 1 is 1.38 bits per heavy atom. The number of aryl methyl sites for hydroxylation is 2. The molecule has 0 aliphatic heterocycles. The molecule has 0 bridgehead atoms. The molecule has 0 radical (unpaired) electrons. The normalized spacial score (nSPS) is 10.2. The van der Waals surface area contributed by atoms with Gasteiger partial charge >= 0.3 is 6.09 Å². The number of carbonyl (C=O) groups is 1. The second kappa shape index (κ2) is 9.58. The third-order valence-electron chi connectivity index (χ3n) is 2.94. The molecule has 0 aromatic carbocycles. The standard InChI is InChI=1S/C15H25N3O2.ClH/c1-6-9-20-15(19)17-14-13(7-8-18(4)5)11(2)10-12(3)16-14;/h10H,6-9H2,1-5H3,(H,16,17,19);1H. The van der Waals surface area contributed by atoms with E-state index in [1.807, 2.05) is 40.9 Å². The Kier molecular flexibility index (Phi) is 8.97. The molecule has 5 nitrogen and oxygen atoms in total. The quantitative estimate of drug-likeness (QED) is 0.876. The van der Waals surface area contributed by atoms with Crippen molar-refractivity contribution in [3.8, 4) is 0 Å². The van der Waals surface area contributed by atoms with Gasteiger partial charge in [0.2, 0.25) is 0 Å². The average molecular weight is 316 g/mol. The van der Waals surface area contributed by atoms with Crippen molar-refractivity contribution in [2.75, 3.05) is 32.6 Å². The lowest BCUT2D eigenvalue weighted by Crippen LogP contribution is -2.20. The van der Waals surface area contributed by atoms with Crippen molar-refractivity contribution in [1.82, 2.24) is 9.88 Å². The maximum Gasteiger partial charge on any atom is 0.412 e.